The number of hydrogen-bond acceptors (Lipinski definition) is 5. The molecule has 0 spiro atoms. The maximum atomic E-state index is 12.7. The molecule has 146 valence electrons. The number of pyridine rings is 2. The summed E-state index contributed by atoms with van der Waals surface area (Å²) in [4.78, 5) is 35.4. The zero-order valence-electron chi connectivity index (χ0n) is 15.7. The molecule has 2 aromatic heterocycles. The molecule has 4 rings (SSSR count). The van der Waals surface area contributed by atoms with Crippen LogP contribution in [0.1, 0.15) is 12.0 Å². The number of amides is 2. The molecule has 3 aromatic rings. The molecule has 1 atom stereocenters. The molecule has 0 saturated carbocycles. The lowest BCUT2D eigenvalue weighted by Gasteiger charge is -2.16. The van der Waals surface area contributed by atoms with E-state index in [1.807, 2.05) is 54.6 Å². The van der Waals surface area contributed by atoms with Gasteiger partial charge in [0.05, 0.1) is 5.92 Å². The molecule has 29 heavy (non-hydrogen) atoms. The van der Waals surface area contributed by atoms with Crippen LogP contribution in [-0.4, -0.2) is 33.2 Å². The first-order chi connectivity index (χ1) is 14.2. The number of carbonyl (C=O) groups excluding carboxylic acids is 2. The Kier molecular flexibility index (Phi) is 5.86. The Morgan fingerprint density at radius 2 is 1.83 bits per heavy atom. The molecule has 1 aliphatic heterocycles. The van der Waals surface area contributed by atoms with Gasteiger partial charge in [0.2, 0.25) is 11.8 Å². The number of nitrogens with zero attached hydrogens (tertiary/aromatic N) is 3. The van der Waals surface area contributed by atoms with E-state index in [-0.39, 0.29) is 24.2 Å². The van der Waals surface area contributed by atoms with Gasteiger partial charge in [-0.05, 0) is 29.8 Å². The van der Waals surface area contributed by atoms with Gasteiger partial charge in [0.25, 0.3) is 0 Å². The lowest BCUT2D eigenvalue weighted by atomic mass is 10.1. The largest absolute Gasteiger partial charge is 0.338 e. The predicted molar refractivity (Wildman–Crippen MR) is 111 cm³/mol. The maximum absolute atomic E-state index is 12.7. The molecule has 1 unspecified atom stereocenters. The number of rotatable bonds is 6. The summed E-state index contributed by atoms with van der Waals surface area (Å²) in [7, 11) is 0. The summed E-state index contributed by atoms with van der Waals surface area (Å²) in [5.74, 6) is -0.490. The van der Waals surface area contributed by atoms with Gasteiger partial charge >= 0.3 is 0 Å². The smallest absolute Gasteiger partial charge is 0.229 e. The van der Waals surface area contributed by atoms with Crippen LogP contribution in [0, 0.1) is 5.92 Å². The van der Waals surface area contributed by atoms with E-state index in [0.29, 0.717) is 18.8 Å². The van der Waals surface area contributed by atoms with Crippen LogP contribution in [-0.2, 0) is 16.1 Å². The Hall–Kier alpha value is -3.19. The molecule has 1 aliphatic rings. The average molecular weight is 404 g/mol. The number of likely N-dealkylation sites (tertiary alicyclic amines) is 1. The van der Waals surface area contributed by atoms with Crippen molar-refractivity contribution in [3.8, 4) is 0 Å². The molecular formula is C22H20N4O2S. The summed E-state index contributed by atoms with van der Waals surface area (Å²) in [5, 5.41) is 4.50. The second-order valence-electron chi connectivity index (χ2n) is 6.80. The van der Waals surface area contributed by atoms with Gasteiger partial charge in [0, 0.05) is 37.6 Å². The van der Waals surface area contributed by atoms with E-state index in [0.717, 1.165) is 15.6 Å². The zero-order chi connectivity index (χ0) is 20.1. The fraction of sp³-hybridized carbons (Fsp3) is 0.182. The van der Waals surface area contributed by atoms with Crippen molar-refractivity contribution in [3.63, 3.8) is 0 Å². The summed E-state index contributed by atoms with van der Waals surface area (Å²) in [6.07, 6.45) is 3.62. The van der Waals surface area contributed by atoms with Gasteiger partial charge in [-0.2, -0.15) is 0 Å². The molecule has 1 aromatic carbocycles. The zero-order valence-corrected chi connectivity index (χ0v) is 16.5. The molecule has 0 radical (unpaired) electrons. The number of benzene rings is 1. The molecule has 3 heterocycles. The lowest BCUT2D eigenvalue weighted by molar-refractivity contribution is -0.128. The number of anilines is 1. The predicted octanol–water partition coefficient (Wildman–Crippen LogP) is 3.62. The summed E-state index contributed by atoms with van der Waals surface area (Å²) in [6, 6.07) is 19.1. The first kappa shape index (κ1) is 19.1. The quantitative estimate of drug-likeness (QED) is 0.679. The third-order valence-electron chi connectivity index (χ3n) is 4.65. The highest BCUT2D eigenvalue weighted by atomic mass is 32.2. The molecule has 1 saturated heterocycles. The van der Waals surface area contributed by atoms with Crippen molar-refractivity contribution in [3.05, 3.63) is 78.6 Å². The van der Waals surface area contributed by atoms with Gasteiger partial charge in [-0.1, -0.05) is 48.2 Å². The first-order valence-corrected chi connectivity index (χ1v) is 10.2. The standard InChI is InChI=1S/C22H20N4O2S/c27-21-12-17(15-26(21)14-16-6-2-1-3-7-16)22(28)25-18-9-11-24-20(13-18)29-19-8-4-5-10-23-19/h1-11,13,17H,12,14-15H2,(H,24,25,28). The van der Waals surface area contributed by atoms with E-state index in [1.165, 1.54) is 11.8 Å². The fourth-order valence-electron chi connectivity index (χ4n) is 3.21. The Balaban J connectivity index is 1.37. The van der Waals surface area contributed by atoms with E-state index in [9.17, 15) is 9.59 Å². The third kappa shape index (κ3) is 5.00. The first-order valence-electron chi connectivity index (χ1n) is 9.35. The maximum Gasteiger partial charge on any atom is 0.229 e. The van der Waals surface area contributed by atoms with Gasteiger partial charge in [-0.15, -0.1) is 0 Å². The molecule has 6 nitrogen and oxygen atoms in total. The van der Waals surface area contributed by atoms with Crippen LogP contribution in [0.15, 0.2) is 83.1 Å². The minimum atomic E-state index is -0.355. The van der Waals surface area contributed by atoms with E-state index < -0.39 is 0 Å². The normalized spacial score (nSPS) is 16.1. The Bertz CT molecular complexity index is 998. The summed E-state index contributed by atoms with van der Waals surface area (Å²) in [6.45, 7) is 0.962. The Morgan fingerprint density at radius 1 is 1.03 bits per heavy atom. The van der Waals surface area contributed by atoms with Crippen molar-refractivity contribution < 1.29 is 9.59 Å². The second kappa shape index (κ2) is 8.87. The van der Waals surface area contributed by atoms with Crippen LogP contribution in [0.5, 0.6) is 0 Å². The van der Waals surface area contributed by atoms with E-state index in [2.05, 4.69) is 15.3 Å². The van der Waals surface area contributed by atoms with Crippen LogP contribution in [0.2, 0.25) is 0 Å². The van der Waals surface area contributed by atoms with E-state index in [4.69, 9.17) is 0 Å². The minimum absolute atomic E-state index is 0.00938. The molecule has 1 N–H and O–H groups in total. The summed E-state index contributed by atoms with van der Waals surface area (Å²) in [5.41, 5.74) is 1.73. The van der Waals surface area contributed by atoms with Crippen molar-refractivity contribution in [1.29, 1.82) is 0 Å². The van der Waals surface area contributed by atoms with Gasteiger partial charge in [-0.3, -0.25) is 9.59 Å². The van der Waals surface area contributed by atoms with Crippen LogP contribution in [0.3, 0.4) is 0 Å². The molecule has 1 fully saturated rings. The van der Waals surface area contributed by atoms with Crippen molar-refractivity contribution in [2.45, 2.75) is 23.0 Å². The number of hydrogen-bond donors (Lipinski definition) is 1. The molecule has 0 aliphatic carbocycles. The van der Waals surface area contributed by atoms with Crippen LogP contribution in [0.25, 0.3) is 0 Å². The molecular weight excluding hydrogens is 384 g/mol. The van der Waals surface area contributed by atoms with Crippen molar-refractivity contribution in [2.75, 3.05) is 11.9 Å². The fourth-order valence-corrected chi connectivity index (χ4v) is 3.98. The summed E-state index contributed by atoms with van der Waals surface area (Å²) >= 11 is 1.43. The monoisotopic (exact) mass is 404 g/mol. The van der Waals surface area contributed by atoms with Crippen LogP contribution < -0.4 is 5.32 Å². The lowest BCUT2D eigenvalue weighted by Crippen LogP contribution is -2.28. The Morgan fingerprint density at radius 3 is 2.62 bits per heavy atom. The molecule has 7 heteroatoms. The number of aromatic nitrogens is 2. The topological polar surface area (TPSA) is 75.2 Å². The van der Waals surface area contributed by atoms with E-state index in [1.54, 1.807) is 23.4 Å². The van der Waals surface area contributed by atoms with Gasteiger partial charge in [0.1, 0.15) is 10.1 Å². The molecule has 0 bridgehead atoms. The SMILES string of the molecule is O=C(Nc1ccnc(Sc2ccccn2)c1)C1CC(=O)N(Cc2ccccc2)C1. The summed E-state index contributed by atoms with van der Waals surface area (Å²) < 4.78 is 0. The minimum Gasteiger partial charge on any atom is -0.338 e. The van der Waals surface area contributed by atoms with Gasteiger partial charge in [0.15, 0.2) is 0 Å². The van der Waals surface area contributed by atoms with Crippen molar-refractivity contribution in [1.82, 2.24) is 14.9 Å². The average Bonchev–Trinajstić information content (AvgIpc) is 3.10. The third-order valence-corrected chi connectivity index (χ3v) is 5.53. The second-order valence-corrected chi connectivity index (χ2v) is 7.84. The van der Waals surface area contributed by atoms with Crippen LogP contribution >= 0.6 is 11.8 Å². The highest BCUT2D eigenvalue weighted by Gasteiger charge is 2.34. The van der Waals surface area contributed by atoms with Crippen molar-refractivity contribution >= 4 is 29.3 Å². The highest BCUT2D eigenvalue weighted by Crippen LogP contribution is 2.26. The number of nitrogens with one attached hydrogen (secondary N) is 1. The van der Waals surface area contributed by atoms with Crippen LogP contribution in [0.4, 0.5) is 5.69 Å². The van der Waals surface area contributed by atoms with Gasteiger partial charge < -0.3 is 10.2 Å². The van der Waals surface area contributed by atoms with E-state index >= 15 is 0 Å². The van der Waals surface area contributed by atoms with Gasteiger partial charge in [-0.25, -0.2) is 9.97 Å². The van der Waals surface area contributed by atoms with Crippen molar-refractivity contribution in [2.24, 2.45) is 5.92 Å². The Labute approximate surface area is 173 Å². The molecule has 2 amide bonds. The number of carbonyl (C=O) groups is 2. The highest BCUT2D eigenvalue weighted by molar-refractivity contribution is 7.99.